The molecule has 0 spiro atoms. The Labute approximate surface area is 76.7 Å². The molecular formula is C7H15N3O3. The van der Waals surface area contributed by atoms with Crippen molar-refractivity contribution >= 4 is 11.9 Å². The lowest BCUT2D eigenvalue weighted by Gasteiger charge is -2.26. The lowest BCUT2D eigenvalue weighted by atomic mass is 10.2. The van der Waals surface area contributed by atoms with Crippen molar-refractivity contribution in [3.8, 4) is 0 Å². The minimum absolute atomic E-state index is 0.447. The Morgan fingerprint density at radius 2 is 1.92 bits per heavy atom. The highest BCUT2D eigenvalue weighted by atomic mass is 16.4. The highest BCUT2D eigenvalue weighted by Gasteiger charge is 2.26. The number of hydrogen-bond donors (Lipinski definition) is 3. The van der Waals surface area contributed by atoms with E-state index in [1.54, 1.807) is 0 Å². The normalized spacial score (nSPS) is 14.8. The molecule has 0 radical (unpaired) electrons. The van der Waals surface area contributed by atoms with Gasteiger partial charge in [-0.2, -0.15) is 0 Å². The van der Waals surface area contributed by atoms with Crippen LogP contribution in [0.25, 0.3) is 0 Å². The summed E-state index contributed by atoms with van der Waals surface area (Å²) in [5.74, 6) is -1.53. The van der Waals surface area contributed by atoms with Crippen LogP contribution in [0, 0.1) is 0 Å². The fraction of sp³-hybridized carbons (Fsp3) is 0.714. The number of hydrogen-bond acceptors (Lipinski definition) is 4. The Bertz CT molecular complexity index is 205. The maximum atomic E-state index is 11.3. The molecule has 0 saturated heterocycles. The van der Waals surface area contributed by atoms with Crippen molar-refractivity contribution in [2.75, 3.05) is 7.05 Å². The van der Waals surface area contributed by atoms with Gasteiger partial charge in [0.15, 0.2) is 0 Å². The van der Waals surface area contributed by atoms with Crippen LogP contribution in [-0.4, -0.2) is 41.1 Å². The zero-order chi connectivity index (χ0) is 10.6. The van der Waals surface area contributed by atoms with Gasteiger partial charge in [0.25, 0.3) is 5.91 Å². The topological polar surface area (TPSA) is 95.7 Å². The minimum Gasteiger partial charge on any atom is -0.480 e. The molecule has 0 aliphatic rings. The zero-order valence-corrected chi connectivity index (χ0v) is 7.94. The number of nitrogens with one attached hydrogen (secondary N) is 1. The molecule has 0 bridgehead atoms. The molecule has 1 amide bonds. The van der Waals surface area contributed by atoms with Crippen molar-refractivity contribution in [3.05, 3.63) is 0 Å². The maximum absolute atomic E-state index is 11.3. The highest BCUT2D eigenvalue weighted by Crippen LogP contribution is 1.97. The third-order valence-electron chi connectivity index (χ3n) is 1.61. The van der Waals surface area contributed by atoms with Gasteiger partial charge in [-0.05, 0) is 13.8 Å². The van der Waals surface area contributed by atoms with E-state index in [0.717, 1.165) is 5.01 Å². The molecule has 0 saturated carbocycles. The Morgan fingerprint density at radius 3 is 2.15 bits per heavy atom. The molecule has 0 aliphatic carbocycles. The molecule has 76 valence electrons. The fourth-order valence-corrected chi connectivity index (χ4v) is 0.825. The summed E-state index contributed by atoms with van der Waals surface area (Å²) in [7, 11) is 1.47. The first-order valence-electron chi connectivity index (χ1n) is 3.90. The molecule has 0 heterocycles. The van der Waals surface area contributed by atoms with E-state index >= 15 is 0 Å². The standard InChI is InChI=1S/C7H15N3O3/c1-4(8)6(11)10(9-3)5(2)7(12)13/h4-5,9H,8H2,1-3H3,(H,12,13). The molecule has 13 heavy (non-hydrogen) atoms. The predicted octanol–water partition coefficient (Wildman–Crippen LogP) is -1.23. The van der Waals surface area contributed by atoms with E-state index in [4.69, 9.17) is 10.8 Å². The van der Waals surface area contributed by atoms with Crippen LogP contribution < -0.4 is 11.2 Å². The van der Waals surface area contributed by atoms with E-state index in [1.807, 2.05) is 0 Å². The van der Waals surface area contributed by atoms with Gasteiger partial charge in [0.1, 0.15) is 6.04 Å². The van der Waals surface area contributed by atoms with Gasteiger partial charge in [0.05, 0.1) is 6.04 Å². The lowest BCUT2D eigenvalue weighted by Crippen LogP contribution is -2.54. The van der Waals surface area contributed by atoms with Crippen LogP contribution in [-0.2, 0) is 9.59 Å². The number of aliphatic carboxylic acids is 1. The Hall–Kier alpha value is -1.14. The molecule has 0 aromatic carbocycles. The van der Waals surface area contributed by atoms with Crippen LogP contribution >= 0.6 is 0 Å². The van der Waals surface area contributed by atoms with Gasteiger partial charge in [-0.1, -0.05) is 0 Å². The first-order valence-corrected chi connectivity index (χ1v) is 3.90. The van der Waals surface area contributed by atoms with Crippen LogP contribution in [0.4, 0.5) is 0 Å². The van der Waals surface area contributed by atoms with E-state index in [2.05, 4.69) is 5.43 Å². The van der Waals surface area contributed by atoms with Gasteiger partial charge in [-0.25, -0.2) is 10.2 Å². The largest absolute Gasteiger partial charge is 0.480 e. The summed E-state index contributed by atoms with van der Waals surface area (Å²) in [5.41, 5.74) is 7.81. The van der Waals surface area contributed by atoms with Crippen LogP contribution in [0.1, 0.15) is 13.8 Å². The second-order valence-electron chi connectivity index (χ2n) is 2.73. The molecule has 6 nitrogen and oxygen atoms in total. The van der Waals surface area contributed by atoms with Gasteiger partial charge < -0.3 is 10.8 Å². The number of carbonyl (C=O) groups excluding carboxylic acids is 1. The van der Waals surface area contributed by atoms with Crippen molar-refractivity contribution in [3.63, 3.8) is 0 Å². The second-order valence-corrected chi connectivity index (χ2v) is 2.73. The third-order valence-corrected chi connectivity index (χ3v) is 1.61. The van der Waals surface area contributed by atoms with Crippen LogP contribution in [0.15, 0.2) is 0 Å². The Morgan fingerprint density at radius 1 is 1.46 bits per heavy atom. The predicted molar refractivity (Wildman–Crippen MR) is 46.7 cm³/mol. The zero-order valence-electron chi connectivity index (χ0n) is 7.94. The summed E-state index contributed by atoms with van der Waals surface area (Å²) < 4.78 is 0. The van der Waals surface area contributed by atoms with Gasteiger partial charge >= 0.3 is 5.97 Å². The molecule has 2 unspecified atom stereocenters. The SMILES string of the molecule is CNN(C(=O)C(C)N)C(C)C(=O)O. The van der Waals surface area contributed by atoms with Gasteiger partial charge in [0.2, 0.25) is 0 Å². The molecule has 0 aliphatic heterocycles. The summed E-state index contributed by atoms with van der Waals surface area (Å²) >= 11 is 0. The average molecular weight is 189 g/mol. The van der Waals surface area contributed by atoms with Crippen LogP contribution in [0.3, 0.4) is 0 Å². The summed E-state index contributed by atoms with van der Waals surface area (Å²) in [5, 5.41) is 9.63. The number of nitrogens with zero attached hydrogens (tertiary/aromatic N) is 1. The highest BCUT2D eigenvalue weighted by molar-refractivity contribution is 5.85. The summed E-state index contributed by atoms with van der Waals surface area (Å²) in [6.07, 6.45) is 0. The van der Waals surface area contributed by atoms with Crippen molar-refractivity contribution in [1.82, 2.24) is 10.4 Å². The Kier molecular flexibility index (Phi) is 4.36. The first-order chi connectivity index (χ1) is 5.91. The number of rotatable bonds is 4. The minimum atomic E-state index is -1.08. The number of hydrazine groups is 1. The Balaban J connectivity index is 4.50. The first kappa shape index (κ1) is 11.9. The molecule has 0 rings (SSSR count). The lowest BCUT2D eigenvalue weighted by molar-refractivity contribution is -0.152. The number of carbonyl (C=O) groups is 2. The molecule has 0 aromatic heterocycles. The van der Waals surface area contributed by atoms with Crippen molar-refractivity contribution in [1.29, 1.82) is 0 Å². The molecule has 4 N–H and O–H groups in total. The van der Waals surface area contributed by atoms with Crippen molar-refractivity contribution in [2.24, 2.45) is 5.73 Å². The summed E-state index contributed by atoms with van der Waals surface area (Å²) in [4.78, 5) is 21.8. The van der Waals surface area contributed by atoms with Crippen molar-refractivity contribution < 1.29 is 14.7 Å². The van der Waals surface area contributed by atoms with E-state index in [1.165, 1.54) is 20.9 Å². The molecular weight excluding hydrogens is 174 g/mol. The van der Waals surface area contributed by atoms with E-state index in [-0.39, 0.29) is 0 Å². The molecule has 2 atom stereocenters. The van der Waals surface area contributed by atoms with E-state index in [9.17, 15) is 9.59 Å². The second kappa shape index (κ2) is 4.78. The van der Waals surface area contributed by atoms with Crippen LogP contribution in [0.2, 0.25) is 0 Å². The van der Waals surface area contributed by atoms with Crippen LogP contribution in [0.5, 0.6) is 0 Å². The fourth-order valence-electron chi connectivity index (χ4n) is 0.825. The average Bonchev–Trinajstić information content (AvgIpc) is 2.04. The number of carboxylic acids is 1. The summed E-state index contributed by atoms with van der Waals surface area (Å²) in [6, 6.07) is -1.64. The quantitative estimate of drug-likeness (QED) is 0.481. The van der Waals surface area contributed by atoms with E-state index in [0.29, 0.717) is 0 Å². The number of amides is 1. The maximum Gasteiger partial charge on any atom is 0.327 e. The monoisotopic (exact) mass is 189 g/mol. The smallest absolute Gasteiger partial charge is 0.327 e. The van der Waals surface area contributed by atoms with Gasteiger partial charge in [-0.3, -0.25) is 9.80 Å². The van der Waals surface area contributed by atoms with Crippen molar-refractivity contribution in [2.45, 2.75) is 25.9 Å². The van der Waals surface area contributed by atoms with Gasteiger partial charge in [0, 0.05) is 7.05 Å². The van der Waals surface area contributed by atoms with Gasteiger partial charge in [-0.15, -0.1) is 0 Å². The van der Waals surface area contributed by atoms with E-state index < -0.39 is 24.0 Å². The molecule has 6 heteroatoms. The third kappa shape index (κ3) is 3.00. The summed E-state index contributed by atoms with van der Waals surface area (Å²) in [6.45, 7) is 2.90. The molecule has 0 aromatic rings. The molecule has 0 fully saturated rings. The number of carboxylic acid groups (broad SMARTS) is 1. The number of nitrogens with two attached hydrogens (primary N) is 1.